The molecule has 0 aromatic carbocycles. The summed E-state index contributed by atoms with van der Waals surface area (Å²) < 4.78 is 7.51. The third kappa shape index (κ3) is 4.68. The normalized spacial score (nSPS) is 14.9. The zero-order chi connectivity index (χ0) is 20.8. The molecule has 0 atom stereocenters. The Morgan fingerprint density at radius 1 is 1.20 bits per heavy atom. The first-order valence-corrected chi connectivity index (χ1v) is 10.8. The van der Waals surface area contributed by atoms with Crippen LogP contribution in [0.1, 0.15) is 32.4 Å². The number of anilines is 3. The van der Waals surface area contributed by atoms with E-state index in [1.807, 2.05) is 29.8 Å². The summed E-state index contributed by atoms with van der Waals surface area (Å²) in [6, 6.07) is 6.14. The van der Waals surface area contributed by atoms with Gasteiger partial charge in [0.1, 0.15) is 16.9 Å². The molecule has 4 heterocycles. The highest BCUT2D eigenvalue weighted by molar-refractivity contribution is 5.90. The molecule has 0 radical (unpaired) electrons. The average Bonchev–Trinajstić information content (AvgIpc) is 3.13. The van der Waals surface area contributed by atoms with Crippen LogP contribution in [0.25, 0.3) is 11.0 Å². The molecule has 0 amide bonds. The number of aromatic nitrogens is 5. The van der Waals surface area contributed by atoms with Gasteiger partial charge in [0.15, 0.2) is 5.82 Å². The Bertz CT molecular complexity index is 953. The maximum atomic E-state index is 5.56. The van der Waals surface area contributed by atoms with Gasteiger partial charge in [-0.3, -0.25) is 4.68 Å². The predicted octanol–water partition coefficient (Wildman–Crippen LogP) is 2.73. The van der Waals surface area contributed by atoms with Gasteiger partial charge >= 0.3 is 0 Å². The van der Waals surface area contributed by atoms with Gasteiger partial charge in [0.2, 0.25) is 5.95 Å². The Kier molecular flexibility index (Phi) is 6.70. The number of rotatable bonds is 9. The van der Waals surface area contributed by atoms with Gasteiger partial charge in [0.25, 0.3) is 0 Å². The SMILES string of the molecule is CCOCCn1nc(CC)c2nc(NC3CCNCC3)nc(Nc3ccccn3)c21. The second-order valence-electron chi connectivity index (χ2n) is 7.32. The molecule has 0 spiro atoms. The largest absolute Gasteiger partial charge is 0.380 e. The van der Waals surface area contributed by atoms with Gasteiger partial charge in [-0.15, -0.1) is 0 Å². The molecule has 30 heavy (non-hydrogen) atoms. The summed E-state index contributed by atoms with van der Waals surface area (Å²) in [5.41, 5.74) is 2.72. The molecule has 0 aliphatic carbocycles. The van der Waals surface area contributed by atoms with Gasteiger partial charge in [-0.2, -0.15) is 10.1 Å². The molecule has 9 heteroatoms. The highest BCUT2D eigenvalue weighted by Gasteiger charge is 2.20. The van der Waals surface area contributed by atoms with Crippen molar-refractivity contribution in [3.63, 3.8) is 0 Å². The fourth-order valence-corrected chi connectivity index (χ4v) is 3.70. The Balaban J connectivity index is 1.74. The van der Waals surface area contributed by atoms with Gasteiger partial charge in [0.05, 0.1) is 18.8 Å². The average molecular weight is 411 g/mol. The lowest BCUT2D eigenvalue weighted by atomic mass is 10.1. The zero-order valence-electron chi connectivity index (χ0n) is 17.7. The molecular formula is C21H30N8O. The Morgan fingerprint density at radius 3 is 2.80 bits per heavy atom. The van der Waals surface area contributed by atoms with Crippen LogP contribution in [-0.2, 0) is 17.7 Å². The summed E-state index contributed by atoms with van der Waals surface area (Å²) in [4.78, 5) is 14.1. The fourth-order valence-electron chi connectivity index (χ4n) is 3.70. The number of fused-ring (bicyclic) bond motifs is 1. The maximum Gasteiger partial charge on any atom is 0.225 e. The standard InChI is InChI=1S/C21H30N8O/c1-3-16-18-19(29(28-16)13-14-30-4-2)20(25-17-7-5-6-10-23-17)27-21(26-18)24-15-8-11-22-12-9-15/h5-7,10,15,22H,3-4,8-9,11-14H2,1-2H3,(H2,23,24,25,26,27). The Labute approximate surface area is 176 Å². The van der Waals surface area contributed by atoms with E-state index in [2.05, 4.69) is 27.9 Å². The number of hydrogen-bond acceptors (Lipinski definition) is 8. The maximum absolute atomic E-state index is 5.56. The van der Waals surface area contributed by atoms with Crippen molar-refractivity contribution in [2.24, 2.45) is 0 Å². The van der Waals surface area contributed by atoms with E-state index >= 15 is 0 Å². The van der Waals surface area contributed by atoms with E-state index in [0.717, 1.165) is 54.9 Å². The Morgan fingerprint density at radius 2 is 2.07 bits per heavy atom. The van der Waals surface area contributed by atoms with Crippen LogP contribution in [0.2, 0.25) is 0 Å². The number of pyridine rings is 1. The molecule has 1 aliphatic heterocycles. The van der Waals surface area contributed by atoms with Crippen LogP contribution in [0.4, 0.5) is 17.6 Å². The van der Waals surface area contributed by atoms with Crippen molar-refractivity contribution in [2.75, 3.05) is 36.9 Å². The van der Waals surface area contributed by atoms with E-state index in [1.165, 1.54) is 0 Å². The van der Waals surface area contributed by atoms with Crippen LogP contribution >= 0.6 is 0 Å². The smallest absolute Gasteiger partial charge is 0.225 e. The Hall–Kier alpha value is -2.78. The van der Waals surface area contributed by atoms with Crippen LogP contribution in [-0.4, -0.2) is 57.1 Å². The number of aryl methyl sites for hydroxylation is 1. The van der Waals surface area contributed by atoms with Crippen LogP contribution in [0, 0.1) is 0 Å². The molecule has 3 aromatic heterocycles. The first-order valence-electron chi connectivity index (χ1n) is 10.8. The molecule has 1 aliphatic rings. The van der Waals surface area contributed by atoms with E-state index < -0.39 is 0 Å². The van der Waals surface area contributed by atoms with Crippen molar-refractivity contribution in [3.8, 4) is 0 Å². The first kappa shape index (κ1) is 20.5. The van der Waals surface area contributed by atoms with Crippen molar-refractivity contribution >= 4 is 28.6 Å². The summed E-state index contributed by atoms with van der Waals surface area (Å²) in [5, 5.41) is 15.1. The summed E-state index contributed by atoms with van der Waals surface area (Å²) in [5.74, 6) is 2.08. The van der Waals surface area contributed by atoms with Gasteiger partial charge in [-0.1, -0.05) is 13.0 Å². The lowest BCUT2D eigenvalue weighted by Crippen LogP contribution is -2.35. The highest BCUT2D eigenvalue weighted by Crippen LogP contribution is 2.28. The molecule has 3 aromatic rings. The minimum Gasteiger partial charge on any atom is -0.380 e. The fraction of sp³-hybridized carbons (Fsp3) is 0.524. The topological polar surface area (TPSA) is 102 Å². The molecule has 9 nitrogen and oxygen atoms in total. The number of ether oxygens (including phenoxy) is 1. The predicted molar refractivity (Wildman–Crippen MR) is 118 cm³/mol. The van der Waals surface area contributed by atoms with Crippen molar-refractivity contribution in [2.45, 2.75) is 45.7 Å². The highest BCUT2D eigenvalue weighted by atomic mass is 16.5. The minimum absolute atomic E-state index is 0.365. The third-order valence-electron chi connectivity index (χ3n) is 5.23. The summed E-state index contributed by atoms with van der Waals surface area (Å²) in [7, 11) is 0. The van der Waals surface area contributed by atoms with E-state index in [9.17, 15) is 0 Å². The number of nitrogens with zero attached hydrogens (tertiary/aromatic N) is 5. The molecule has 0 bridgehead atoms. The van der Waals surface area contributed by atoms with Crippen molar-refractivity contribution in [1.29, 1.82) is 0 Å². The molecule has 3 N–H and O–H groups in total. The number of nitrogens with one attached hydrogen (secondary N) is 3. The molecular weight excluding hydrogens is 380 g/mol. The van der Waals surface area contributed by atoms with E-state index in [1.54, 1.807) is 6.20 Å². The molecule has 1 fully saturated rings. The molecule has 0 unspecified atom stereocenters. The lowest BCUT2D eigenvalue weighted by molar-refractivity contribution is 0.137. The van der Waals surface area contributed by atoms with Crippen LogP contribution in [0.5, 0.6) is 0 Å². The van der Waals surface area contributed by atoms with Crippen molar-refractivity contribution in [3.05, 3.63) is 30.1 Å². The van der Waals surface area contributed by atoms with E-state index in [-0.39, 0.29) is 0 Å². The summed E-state index contributed by atoms with van der Waals surface area (Å²) >= 11 is 0. The molecule has 160 valence electrons. The molecule has 0 saturated carbocycles. The van der Waals surface area contributed by atoms with Crippen molar-refractivity contribution in [1.82, 2.24) is 30.0 Å². The van der Waals surface area contributed by atoms with Crippen LogP contribution in [0.3, 0.4) is 0 Å². The quantitative estimate of drug-likeness (QED) is 0.463. The zero-order valence-corrected chi connectivity index (χ0v) is 17.7. The van der Waals surface area contributed by atoms with Crippen LogP contribution in [0.15, 0.2) is 24.4 Å². The minimum atomic E-state index is 0.365. The molecule has 1 saturated heterocycles. The van der Waals surface area contributed by atoms with E-state index in [4.69, 9.17) is 19.8 Å². The third-order valence-corrected chi connectivity index (χ3v) is 5.23. The van der Waals surface area contributed by atoms with Crippen molar-refractivity contribution < 1.29 is 4.74 Å². The summed E-state index contributed by atoms with van der Waals surface area (Å²) in [6.45, 7) is 8.03. The van der Waals surface area contributed by atoms with Crippen LogP contribution < -0.4 is 16.0 Å². The first-order chi connectivity index (χ1) is 14.8. The lowest BCUT2D eigenvalue weighted by Gasteiger charge is -2.24. The monoisotopic (exact) mass is 410 g/mol. The van der Waals surface area contributed by atoms with Gasteiger partial charge in [0, 0.05) is 18.8 Å². The van der Waals surface area contributed by atoms with Gasteiger partial charge in [-0.25, -0.2) is 9.97 Å². The van der Waals surface area contributed by atoms with E-state index in [0.29, 0.717) is 37.6 Å². The summed E-state index contributed by atoms with van der Waals surface area (Å²) in [6.07, 6.45) is 4.67. The number of piperidine rings is 1. The number of hydrogen-bond donors (Lipinski definition) is 3. The second-order valence-corrected chi connectivity index (χ2v) is 7.32. The van der Waals surface area contributed by atoms with Gasteiger partial charge < -0.3 is 20.7 Å². The van der Waals surface area contributed by atoms with Gasteiger partial charge in [-0.05, 0) is 51.4 Å². The second kappa shape index (κ2) is 9.82. The molecule has 4 rings (SSSR count).